The highest BCUT2D eigenvalue weighted by Gasteiger charge is 2.22. The maximum atomic E-state index is 12.6. The van der Waals surface area contributed by atoms with Crippen LogP contribution in [0.4, 0.5) is 0 Å². The SMILES string of the molecule is CCOC(C(=O)c1ccc(C)cc1)c1ccc(C)cc1.CNC(C)=O.Cc1ccc(C(=O)OOC(=O)c2ccc(C)cc2)cc1. The van der Waals surface area contributed by atoms with Crippen molar-refractivity contribution in [2.75, 3.05) is 13.7 Å². The van der Waals surface area contributed by atoms with Crippen LogP contribution in [0.15, 0.2) is 97.1 Å². The predicted molar refractivity (Wildman–Crippen MR) is 174 cm³/mol. The molecule has 0 fully saturated rings. The van der Waals surface area contributed by atoms with Crippen LogP contribution in [0, 0.1) is 27.7 Å². The maximum Gasteiger partial charge on any atom is 0.386 e. The first-order valence-corrected chi connectivity index (χ1v) is 14.5. The van der Waals surface area contributed by atoms with Gasteiger partial charge in [0.1, 0.15) is 6.10 Å². The molecule has 0 saturated heterocycles. The molecule has 0 saturated carbocycles. The van der Waals surface area contributed by atoms with E-state index in [2.05, 4.69) is 15.1 Å². The number of ether oxygens (including phenoxy) is 1. The lowest BCUT2D eigenvalue weighted by Gasteiger charge is -2.16. The van der Waals surface area contributed by atoms with Gasteiger partial charge in [-0.05, 0) is 64.4 Å². The molecular formula is C37H41NO7. The zero-order valence-corrected chi connectivity index (χ0v) is 26.9. The van der Waals surface area contributed by atoms with Crippen LogP contribution in [-0.2, 0) is 19.3 Å². The molecule has 1 amide bonds. The molecule has 0 aliphatic rings. The van der Waals surface area contributed by atoms with Crippen molar-refractivity contribution in [1.82, 2.24) is 5.32 Å². The van der Waals surface area contributed by atoms with Crippen LogP contribution in [0.25, 0.3) is 0 Å². The van der Waals surface area contributed by atoms with E-state index >= 15 is 0 Å². The van der Waals surface area contributed by atoms with Gasteiger partial charge in [0.05, 0.1) is 11.1 Å². The smallest absolute Gasteiger partial charge is 0.366 e. The number of hydrogen-bond donors (Lipinski definition) is 1. The maximum absolute atomic E-state index is 12.6. The van der Waals surface area contributed by atoms with Gasteiger partial charge >= 0.3 is 11.9 Å². The molecule has 236 valence electrons. The monoisotopic (exact) mass is 611 g/mol. The van der Waals surface area contributed by atoms with E-state index in [-0.39, 0.29) is 11.7 Å². The summed E-state index contributed by atoms with van der Waals surface area (Å²) >= 11 is 0. The van der Waals surface area contributed by atoms with Gasteiger partial charge in [0.2, 0.25) is 5.91 Å². The molecule has 4 rings (SSSR count). The summed E-state index contributed by atoms with van der Waals surface area (Å²) in [5.74, 6) is -1.39. The van der Waals surface area contributed by atoms with Gasteiger partial charge < -0.3 is 10.1 Å². The number of carbonyl (C=O) groups excluding carboxylic acids is 4. The highest BCUT2D eigenvalue weighted by Crippen LogP contribution is 2.23. The minimum absolute atomic E-state index is 0.00463. The van der Waals surface area contributed by atoms with Crippen molar-refractivity contribution < 1.29 is 33.7 Å². The van der Waals surface area contributed by atoms with E-state index in [1.54, 1.807) is 55.6 Å². The number of Topliss-reactive ketones (excluding diaryl/α,β-unsaturated/α-hetero) is 1. The summed E-state index contributed by atoms with van der Waals surface area (Å²) in [6.07, 6.45) is -0.525. The number of rotatable bonds is 7. The summed E-state index contributed by atoms with van der Waals surface area (Å²) in [5.41, 5.74) is 6.62. The van der Waals surface area contributed by atoms with Gasteiger partial charge in [-0.3, -0.25) is 9.59 Å². The molecule has 1 atom stereocenters. The van der Waals surface area contributed by atoms with Crippen LogP contribution in [0.3, 0.4) is 0 Å². The normalized spacial score (nSPS) is 10.6. The summed E-state index contributed by atoms with van der Waals surface area (Å²) in [4.78, 5) is 54.7. The second-order valence-electron chi connectivity index (χ2n) is 10.3. The van der Waals surface area contributed by atoms with Crippen molar-refractivity contribution in [3.8, 4) is 0 Å². The van der Waals surface area contributed by atoms with Crippen LogP contribution in [0.2, 0.25) is 0 Å². The lowest BCUT2D eigenvalue weighted by molar-refractivity contribution is -0.187. The van der Waals surface area contributed by atoms with E-state index in [1.807, 2.05) is 83.1 Å². The fourth-order valence-electron chi connectivity index (χ4n) is 3.65. The van der Waals surface area contributed by atoms with E-state index in [1.165, 1.54) is 12.5 Å². The van der Waals surface area contributed by atoms with E-state index in [0.29, 0.717) is 23.3 Å². The molecule has 4 aromatic carbocycles. The fraction of sp³-hybridized carbons (Fsp3) is 0.243. The second kappa shape index (κ2) is 18.6. The number of carbonyl (C=O) groups is 4. The number of aryl methyl sites for hydroxylation is 4. The third-order valence-electron chi connectivity index (χ3n) is 6.41. The third-order valence-corrected chi connectivity index (χ3v) is 6.41. The predicted octanol–water partition coefficient (Wildman–Crippen LogP) is 7.25. The van der Waals surface area contributed by atoms with Crippen LogP contribution in [0.5, 0.6) is 0 Å². The highest BCUT2D eigenvalue weighted by atomic mass is 17.2. The fourth-order valence-corrected chi connectivity index (χ4v) is 3.65. The van der Waals surface area contributed by atoms with Gasteiger partial charge in [-0.2, -0.15) is 0 Å². The lowest BCUT2D eigenvalue weighted by Crippen LogP contribution is -2.16. The van der Waals surface area contributed by atoms with E-state index < -0.39 is 18.0 Å². The van der Waals surface area contributed by atoms with Crippen LogP contribution >= 0.6 is 0 Å². The molecule has 1 N–H and O–H groups in total. The number of amides is 1. The Kier molecular flexibility index (Phi) is 14.9. The molecule has 1 unspecified atom stereocenters. The molecule has 8 nitrogen and oxygen atoms in total. The van der Waals surface area contributed by atoms with Crippen molar-refractivity contribution in [3.05, 3.63) is 142 Å². The van der Waals surface area contributed by atoms with Crippen molar-refractivity contribution in [2.24, 2.45) is 0 Å². The summed E-state index contributed by atoms with van der Waals surface area (Å²) in [6, 6.07) is 29.1. The Morgan fingerprint density at radius 3 is 1.20 bits per heavy atom. The Bertz CT molecular complexity index is 1470. The van der Waals surface area contributed by atoms with Gasteiger partial charge in [-0.15, -0.1) is 0 Å². The topological polar surface area (TPSA) is 108 Å². The van der Waals surface area contributed by atoms with Crippen LogP contribution in [0.1, 0.15) is 78.8 Å². The Labute approximate surface area is 265 Å². The van der Waals surface area contributed by atoms with Gasteiger partial charge in [0.25, 0.3) is 0 Å². The molecule has 0 bridgehead atoms. The highest BCUT2D eigenvalue weighted by molar-refractivity contribution is 6.00. The first kappa shape index (κ1) is 36.1. The summed E-state index contributed by atoms with van der Waals surface area (Å²) < 4.78 is 5.66. The van der Waals surface area contributed by atoms with Crippen molar-refractivity contribution in [3.63, 3.8) is 0 Å². The minimum Gasteiger partial charge on any atom is -0.366 e. The molecule has 0 spiro atoms. The third kappa shape index (κ3) is 12.6. The number of benzene rings is 4. The first-order valence-electron chi connectivity index (χ1n) is 14.5. The van der Waals surface area contributed by atoms with Gasteiger partial charge in [0, 0.05) is 26.1 Å². The van der Waals surface area contributed by atoms with Crippen molar-refractivity contribution in [1.29, 1.82) is 0 Å². The Morgan fingerprint density at radius 2 is 0.889 bits per heavy atom. The quantitative estimate of drug-likeness (QED) is 0.133. The van der Waals surface area contributed by atoms with Gasteiger partial charge in [-0.25, -0.2) is 19.4 Å². The average Bonchev–Trinajstić information content (AvgIpc) is 3.04. The van der Waals surface area contributed by atoms with E-state index in [9.17, 15) is 19.2 Å². The second-order valence-corrected chi connectivity index (χ2v) is 10.3. The van der Waals surface area contributed by atoms with Crippen LogP contribution < -0.4 is 5.32 Å². The molecule has 0 aliphatic carbocycles. The molecule has 0 heterocycles. The molecule has 0 aliphatic heterocycles. The largest absolute Gasteiger partial charge is 0.386 e. The zero-order valence-electron chi connectivity index (χ0n) is 26.9. The minimum atomic E-state index is -0.703. The standard InChI is InChI=1S/C18H20O2.C16H14O4.C3H7NO/c1-4-20-18(16-11-7-14(3)8-12-16)17(19)15-9-5-13(2)6-10-15;1-11-3-7-13(8-4-11)15(17)19-20-16(18)14-9-5-12(2)6-10-14;1-3(5)4-2/h5-12,18H,4H2,1-3H3;3-10H,1-2H3;1-2H3,(H,4,5). The van der Waals surface area contributed by atoms with Crippen molar-refractivity contribution in [2.45, 2.75) is 47.6 Å². The van der Waals surface area contributed by atoms with E-state index in [4.69, 9.17) is 4.74 Å². The summed E-state index contributed by atoms with van der Waals surface area (Å²) in [7, 11) is 1.60. The summed E-state index contributed by atoms with van der Waals surface area (Å²) in [6.45, 7) is 11.7. The number of ketones is 1. The molecule has 0 aromatic heterocycles. The Balaban J connectivity index is 0.000000273. The Morgan fingerprint density at radius 1 is 0.578 bits per heavy atom. The Hall–Kier alpha value is -5.08. The van der Waals surface area contributed by atoms with Crippen molar-refractivity contribution >= 4 is 23.6 Å². The van der Waals surface area contributed by atoms with Gasteiger partial charge in [0.15, 0.2) is 5.78 Å². The molecule has 0 radical (unpaired) electrons. The van der Waals surface area contributed by atoms with Gasteiger partial charge in [-0.1, -0.05) is 95.1 Å². The molecule has 8 heteroatoms. The van der Waals surface area contributed by atoms with E-state index in [0.717, 1.165) is 22.3 Å². The first-order chi connectivity index (χ1) is 21.4. The molecule has 4 aromatic rings. The average molecular weight is 612 g/mol. The lowest BCUT2D eigenvalue weighted by atomic mass is 9.98. The number of hydrogen-bond acceptors (Lipinski definition) is 7. The molecular weight excluding hydrogens is 570 g/mol. The number of nitrogens with one attached hydrogen (secondary N) is 1. The van der Waals surface area contributed by atoms with Crippen LogP contribution in [-0.4, -0.2) is 37.3 Å². The summed E-state index contributed by atoms with van der Waals surface area (Å²) in [5, 5.41) is 2.39. The molecule has 45 heavy (non-hydrogen) atoms. The zero-order chi connectivity index (χ0) is 33.4.